The van der Waals surface area contributed by atoms with Gasteiger partial charge in [-0.05, 0) is 32.0 Å². The Labute approximate surface area is 81.4 Å². The van der Waals surface area contributed by atoms with Crippen molar-refractivity contribution in [3.8, 4) is 0 Å². The highest BCUT2D eigenvalue weighted by Gasteiger charge is 2.23. The van der Waals surface area contributed by atoms with Gasteiger partial charge in [-0.2, -0.15) is 0 Å². The van der Waals surface area contributed by atoms with Crippen molar-refractivity contribution in [1.29, 1.82) is 0 Å². The van der Waals surface area contributed by atoms with Crippen LogP contribution in [0, 0.1) is 11.8 Å². The Balaban J connectivity index is 2.07. The van der Waals surface area contributed by atoms with E-state index in [4.69, 9.17) is 4.74 Å². The molecule has 0 aromatic carbocycles. The van der Waals surface area contributed by atoms with Gasteiger partial charge in [0.25, 0.3) is 0 Å². The quantitative estimate of drug-likeness (QED) is 0.650. The maximum absolute atomic E-state index is 5.04. The molecule has 0 aliphatic carbocycles. The van der Waals surface area contributed by atoms with E-state index < -0.39 is 0 Å². The average Bonchev–Trinajstić information content (AvgIpc) is 1.97. The Morgan fingerprint density at radius 1 is 1.54 bits per heavy atom. The molecule has 1 atom stereocenters. The highest BCUT2D eigenvalue weighted by Crippen LogP contribution is 2.16. The van der Waals surface area contributed by atoms with Gasteiger partial charge >= 0.3 is 0 Å². The molecule has 0 aromatic heterocycles. The summed E-state index contributed by atoms with van der Waals surface area (Å²) in [6.45, 7) is 7.83. The molecule has 1 fully saturated rings. The minimum Gasteiger partial charge on any atom is -0.383 e. The Kier molecular flexibility index (Phi) is 4.70. The van der Waals surface area contributed by atoms with Gasteiger partial charge in [-0.1, -0.05) is 6.92 Å². The van der Waals surface area contributed by atoms with Gasteiger partial charge in [0.2, 0.25) is 0 Å². The van der Waals surface area contributed by atoms with Crippen LogP contribution in [0.15, 0.2) is 0 Å². The summed E-state index contributed by atoms with van der Waals surface area (Å²) >= 11 is 0. The minimum absolute atomic E-state index is 0.808. The van der Waals surface area contributed by atoms with Crippen molar-refractivity contribution in [3.05, 3.63) is 0 Å². The zero-order valence-electron chi connectivity index (χ0n) is 9.05. The second-order valence-electron chi connectivity index (χ2n) is 4.15. The van der Waals surface area contributed by atoms with Crippen molar-refractivity contribution in [1.82, 2.24) is 10.2 Å². The van der Waals surface area contributed by atoms with Gasteiger partial charge < -0.3 is 15.0 Å². The standard InChI is InChI=1S/C10H22N2O/c1-9(10-6-11-7-10)8-12(2)4-5-13-3/h9-11H,4-8H2,1-3H3. The van der Waals surface area contributed by atoms with Crippen LogP contribution in [0.5, 0.6) is 0 Å². The molecule has 0 spiro atoms. The van der Waals surface area contributed by atoms with E-state index in [1.807, 2.05) is 0 Å². The molecule has 1 aliphatic rings. The molecular weight excluding hydrogens is 164 g/mol. The van der Waals surface area contributed by atoms with Crippen LogP contribution in [0.25, 0.3) is 0 Å². The highest BCUT2D eigenvalue weighted by atomic mass is 16.5. The summed E-state index contributed by atoms with van der Waals surface area (Å²) in [5.74, 6) is 1.70. The topological polar surface area (TPSA) is 24.5 Å². The van der Waals surface area contributed by atoms with Gasteiger partial charge in [0.1, 0.15) is 0 Å². The molecule has 0 amide bonds. The maximum atomic E-state index is 5.04. The molecule has 13 heavy (non-hydrogen) atoms. The van der Waals surface area contributed by atoms with E-state index in [1.54, 1.807) is 7.11 Å². The number of hydrogen-bond acceptors (Lipinski definition) is 3. The lowest BCUT2D eigenvalue weighted by Crippen LogP contribution is -2.48. The van der Waals surface area contributed by atoms with Crippen LogP contribution in [-0.2, 0) is 4.74 Å². The van der Waals surface area contributed by atoms with E-state index >= 15 is 0 Å². The summed E-state index contributed by atoms with van der Waals surface area (Å²) in [5.41, 5.74) is 0. The van der Waals surface area contributed by atoms with Gasteiger partial charge in [0.15, 0.2) is 0 Å². The first-order valence-corrected chi connectivity index (χ1v) is 5.12. The summed E-state index contributed by atoms with van der Waals surface area (Å²) in [6.07, 6.45) is 0. The van der Waals surface area contributed by atoms with Crippen molar-refractivity contribution in [3.63, 3.8) is 0 Å². The lowest BCUT2D eigenvalue weighted by Gasteiger charge is -2.34. The fourth-order valence-corrected chi connectivity index (χ4v) is 1.69. The Hall–Kier alpha value is -0.120. The highest BCUT2D eigenvalue weighted by molar-refractivity contribution is 4.80. The Morgan fingerprint density at radius 3 is 2.69 bits per heavy atom. The van der Waals surface area contributed by atoms with Crippen LogP contribution >= 0.6 is 0 Å². The molecule has 1 unspecified atom stereocenters. The van der Waals surface area contributed by atoms with Gasteiger partial charge in [-0.3, -0.25) is 0 Å². The number of rotatable bonds is 6. The normalized spacial score (nSPS) is 20.3. The fraction of sp³-hybridized carbons (Fsp3) is 1.00. The number of hydrogen-bond donors (Lipinski definition) is 1. The third-order valence-corrected chi connectivity index (χ3v) is 2.89. The predicted molar refractivity (Wildman–Crippen MR) is 54.9 cm³/mol. The average molecular weight is 186 g/mol. The molecule has 3 heteroatoms. The maximum Gasteiger partial charge on any atom is 0.0589 e. The molecule has 1 heterocycles. The third-order valence-electron chi connectivity index (χ3n) is 2.89. The van der Waals surface area contributed by atoms with Gasteiger partial charge in [0.05, 0.1) is 6.61 Å². The first-order chi connectivity index (χ1) is 6.24. The van der Waals surface area contributed by atoms with E-state index in [2.05, 4.69) is 24.2 Å². The van der Waals surface area contributed by atoms with Crippen molar-refractivity contribution in [2.24, 2.45) is 11.8 Å². The smallest absolute Gasteiger partial charge is 0.0589 e. The second-order valence-corrected chi connectivity index (χ2v) is 4.15. The fourth-order valence-electron chi connectivity index (χ4n) is 1.69. The summed E-state index contributed by atoms with van der Waals surface area (Å²) in [5, 5.41) is 3.32. The van der Waals surface area contributed by atoms with Crippen molar-refractivity contribution in [2.75, 3.05) is 46.9 Å². The molecule has 78 valence electrons. The van der Waals surface area contributed by atoms with Crippen molar-refractivity contribution < 1.29 is 4.74 Å². The molecule has 0 aromatic rings. The van der Waals surface area contributed by atoms with Crippen LogP contribution in [0.2, 0.25) is 0 Å². The largest absolute Gasteiger partial charge is 0.383 e. The van der Waals surface area contributed by atoms with Crippen LogP contribution in [0.1, 0.15) is 6.92 Å². The Morgan fingerprint density at radius 2 is 2.23 bits per heavy atom. The van der Waals surface area contributed by atoms with Gasteiger partial charge in [-0.15, -0.1) is 0 Å². The van der Waals surface area contributed by atoms with Gasteiger partial charge in [-0.25, -0.2) is 0 Å². The number of ether oxygens (including phenoxy) is 1. The molecule has 0 radical (unpaired) electrons. The van der Waals surface area contributed by atoms with E-state index in [-0.39, 0.29) is 0 Å². The van der Waals surface area contributed by atoms with E-state index in [1.165, 1.54) is 19.6 Å². The zero-order chi connectivity index (χ0) is 9.68. The number of nitrogens with one attached hydrogen (secondary N) is 1. The van der Waals surface area contributed by atoms with E-state index in [0.29, 0.717) is 0 Å². The molecule has 1 N–H and O–H groups in total. The lowest BCUT2D eigenvalue weighted by atomic mass is 9.89. The predicted octanol–water partition coefficient (Wildman–Crippen LogP) is 0.420. The van der Waals surface area contributed by atoms with E-state index in [9.17, 15) is 0 Å². The SMILES string of the molecule is COCCN(C)CC(C)C1CNC1. The van der Waals surface area contributed by atoms with Crippen molar-refractivity contribution >= 4 is 0 Å². The minimum atomic E-state index is 0.808. The van der Waals surface area contributed by atoms with Crippen molar-refractivity contribution in [2.45, 2.75) is 6.92 Å². The molecule has 0 bridgehead atoms. The molecular formula is C10H22N2O. The zero-order valence-corrected chi connectivity index (χ0v) is 9.05. The molecule has 0 saturated carbocycles. The summed E-state index contributed by atoms with van der Waals surface area (Å²) in [4.78, 5) is 2.35. The van der Waals surface area contributed by atoms with Crippen LogP contribution in [-0.4, -0.2) is 51.8 Å². The number of likely N-dealkylation sites (N-methyl/N-ethyl adjacent to an activating group) is 1. The molecule has 1 aliphatic heterocycles. The number of nitrogens with zero attached hydrogens (tertiary/aromatic N) is 1. The molecule has 1 saturated heterocycles. The molecule has 3 nitrogen and oxygen atoms in total. The van der Waals surface area contributed by atoms with Crippen LogP contribution in [0.4, 0.5) is 0 Å². The monoisotopic (exact) mass is 186 g/mol. The van der Waals surface area contributed by atoms with Crippen LogP contribution < -0.4 is 5.32 Å². The third kappa shape index (κ3) is 3.63. The molecule has 1 rings (SSSR count). The number of methoxy groups -OCH3 is 1. The van der Waals surface area contributed by atoms with E-state index in [0.717, 1.165) is 25.0 Å². The summed E-state index contributed by atoms with van der Waals surface area (Å²) in [7, 11) is 3.93. The lowest BCUT2D eigenvalue weighted by molar-refractivity contribution is 0.135. The second kappa shape index (κ2) is 5.58. The van der Waals surface area contributed by atoms with Gasteiger partial charge in [0, 0.05) is 20.2 Å². The Bertz CT molecular complexity index is 137. The summed E-state index contributed by atoms with van der Waals surface area (Å²) < 4.78 is 5.04. The first-order valence-electron chi connectivity index (χ1n) is 5.12. The first kappa shape index (κ1) is 11.0. The van der Waals surface area contributed by atoms with Crippen LogP contribution in [0.3, 0.4) is 0 Å². The summed E-state index contributed by atoms with van der Waals surface area (Å²) in [6, 6.07) is 0.